The maximum Gasteiger partial charge on any atom is 0.135 e. The molecule has 0 atom stereocenters. The van der Waals surface area contributed by atoms with Crippen LogP contribution < -0.4 is 18.9 Å². The van der Waals surface area contributed by atoms with Crippen molar-refractivity contribution in [2.45, 2.75) is 0 Å². The van der Waals surface area contributed by atoms with E-state index >= 15 is 0 Å². The molecule has 4 aromatic rings. The van der Waals surface area contributed by atoms with Crippen molar-refractivity contribution in [1.82, 2.24) is 0 Å². The summed E-state index contributed by atoms with van der Waals surface area (Å²) in [7, 11) is 6.51. The topological polar surface area (TPSA) is 46.2 Å². The molecule has 4 rings (SSSR count). The number of benzene rings is 4. The first-order chi connectivity index (χ1) is 18.1. The molecule has 0 fully saturated rings. The van der Waals surface area contributed by atoms with Crippen LogP contribution >= 0.6 is 0 Å². The summed E-state index contributed by atoms with van der Waals surface area (Å²) in [6, 6.07) is 31.4. The summed E-state index contributed by atoms with van der Waals surface area (Å²) >= 11 is 0. The Balaban J connectivity index is 1.90. The van der Waals surface area contributed by atoms with Crippen LogP contribution in [0.1, 0.15) is 22.3 Å². The lowest BCUT2D eigenvalue weighted by Crippen LogP contribution is -1.98. The third kappa shape index (κ3) is 6.73. The molecule has 0 unspecified atom stereocenters. The van der Waals surface area contributed by atoms with E-state index in [1.54, 1.807) is 28.4 Å². The summed E-state index contributed by atoms with van der Waals surface area (Å²) in [5.41, 5.74) is 3.57. The summed E-state index contributed by atoms with van der Waals surface area (Å²) in [6.07, 6.45) is 3.98. The Kier molecular flexibility index (Phi) is 8.50. The normalized spacial score (nSPS) is 11.6. The zero-order valence-electron chi connectivity index (χ0n) is 21.4. The van der Waals surface area contributed by atoms with Crippen molar-refractivity contribution in [3.8, 4) is 23.0 Å². The number of hydrogen-bond acceptors (Lipinski definition) is 5. The molecule has 0 saturated carbocycles. The smallest absolute Gasteiger partial charge is 0.135 e. The Bertz CT molecular complexity index is 1220. The molecule has 0 amide bonds. The number of ether oxygens (including phenoxy) is 5. The number of rotatable bonds is 10. The molecular weight excluding hydrogens is 464 g/mol. The third-order valence-corrected chi connectivity index (χ3v) is 5.69. The van der Waals surface area contributed by atoms with Crippen molar-refractivity contribution in [3.05, 3.63) is 119 Å². The van der Waals surface area contributed by atoms with Crippen molar-refractivity contribution in [3.63, 3.8) is 0 Å². The van der Waals surface area contributed by atoms with Crippen LogP contribution in [0.4, 0.5) is 0 Å². The molecule has 5 heteroatoms. The second-order valence-electron chi connectivity index (χ2n) is 8.14. The molecule has 4 aromatic carbocycles. The fourth-order valence-electron chi connectivity index (χ4n) is 3.76. The van der Waals surface area contributed by atoms with Crippen LogP contribution in [0.5, 0.6) is 23.0 Å². The summed E-state index contributed by atoms with van der Waals surface area (Å²) < 4.78 is 28.9. The first kappa shape index (κ1) is 25.5. The van der Waals surface area contributed by atoms with Gasteiger partial charge in [-0.3, -0.25) is 0 Å². The van der Waals surface area contributed by atoms with Crippen molar-refractivity contribution in [1.29, 1.82) is 0 Å². The van der Waals surface area contributed by atoms with E-state index in [0.717, 1.165) is 22.3 Å². The fraction of sp³-hybridized carbons (Fsp3) is 0.125. The Labute approximate surface area is 218 Å². The molecule has 0 aliphatic heterocycles. The van der Waals surface area contributed by atoms with Crippen molar-refractivity contribution in [2.75, 3.05) is 28.4 Å². The average molecular weight is 495 g/mol. The predicted molar refractivity (Wildman–Crippen MR) is 149 cm³/mol. The highest BCUT2D eigenvalue weighted by molar-refractivity contribution is 5.86. The molecule has 188 valence electrons. The lowest BCUT2D eigenvalue weighted by molar-refractivity contribution is 0.392. The van der Waals surface area contributed by atoms with Gasteiger partial charge in [0.2, 0.25) is 0 Å². The monoisotopic (exact) mass is 494 g/mol. The summed E-state index contributed by atoms with van der Waals surface area (Å²) in [4.78, 5) is 0. The predicted octanol–water partition coefficient (Wildman–Crippen LogP) is 7.43. The Hall–Kier alpha value is -4.64. The first-order valence-corrected chi connectivity index (χ1v) is 11.8. The van der Waals surface area contributed by atoms with Gasteiger partial charge < -0.3 is 23.7 Å². The van der Waals surface area contributed by atoms with Crippen molar-refractivity contribution < 1.29 is 23.7 Å². The molecule has 0 aliphatic rings. The van der Waals surface area contributed by atoms with E-state index in [9.17, 15) is 0 Å². The Morgan fingerprint density at radius 3 is 1.08 bits per heavy atom. The van der Waals surface area contributed by atoms with E-state index in [0.29, 0.717) is 34.5 Å². The SMILES string of the molecule is COc1cc(OC)cc(C(=Cc2ccccc2)OC(=Cc2ccccc2)c2cc(OC)cc(OC)c2)c1. The molecule has 5 nitrogen and oxygen atoms in total. The molecule has 0 spiro atoms. The third-order valence-electron chi connectivity index (χ3n) is 5.69. The van der Waals surface area contributed by atoms with E-state index in [-0.39, 0.29) is 0 Å². The van der Waals surface area contributed by atoms with Gasteiger partial charge in [0.1, 0.15) is 34.5 Å². The largest absolute Gasteiger partial charge is 0.497 e. The summed E-state index contributed by atoms with van der Waals surface area (Å²) in [5, 5.41) is 0. The van der Waals surface area contributed by atoms with Crippen LogP contribution in [0.2, 0.25) is 0 Å². The first-order valence-electron chi connectivity index (χ1n) is 11.8. The highest BCUT2D eigenvalue weighted by Crippen LogP contribution is 2.35. The van der Waals surface area contributed by atoms with E-state index in [4.69, 9.17) is 23.7 Å². The van der Waals surface area contributed by atoms with Crippen molar-refractivity contribution >= 4 is 23.7 Å². The van der Waals surface area contributed by atoms with Crippen LogP contribution in [0.15, 0.2) is 97.1 Å². The molecule has 37 heavy (non-hydrogen) atoms. The lowest BCUT2D eigenvalue weighted by atomic mass is 10.1. The molecule has 0 saturated heterocycles. The van der Waals surface area contributed by atoms with Gasteiger partial charge in [0.05, 0.1) is 28.4 Å². The Morgan fingerprint density at radius 1 is 0.459 bits per heavy atom. The van der Waals surface area contributed by atoms with E-state index < -0.39 is 0 Å². The van der Waals surface area contributed by atoms with Gasteiger partial charge in [-0.25, -0.2) is 0 Å². The van der Waals surface area contributed by atoms with Crippen molar-refractivity contribution in [2.24, 2.45) is 0 Å². The van der Waals surface area contributed by atoms with Gasteiger partial charge in [0.15, 0.2) is 0 Å². The molecular formula is C32H30O5. The zero-order chi connectivity index (χ0) is 26.0. The highest BCUT2D eigenvalue weighted by Gasteiger charge is 2.15. The van der Waals surface area contributed by atoms with Gasteiger partial charge in [0.25, 0.3) is 0 Å². The molecule has 0 heterocycles. The highest BCUT2D eigenvalue weighted by atomic mass is 16.5. The standard InChI is InChI=1S/C32H30O5/c1-33-27-17-25(18-28(21-27)34-2)31(15-23-11-7-5-8-12-23)37-32(16-24-13-9-6-10-14-24)26-19-29(35-3)22-30(20-26)36-4/h5-22H,1-4H3. The van der Waals surface area contributed by atoms with Gasteiger partial charge in [-0.15, -0.1) is 0 Å². The second kappa shape index (κ2) is 12.4. The molecule has 0 bridgehead atoms. The van der Waals surface area contributed by atoms with Crippen LogP contribution in [0.3, 0.4) is 0 Å². The van der Waals surface area contributed by atoms with E-state index in [1.807, 2.05) is 109 Å². The van der Waals surface area contributed by atoms with Crippen LogP contribution in [0, 0.1) is 0 Å². The van der Waals surface area contributed by atoms with Gasteiger partial charge in [0, 0.05) is 23.3 Å². The maximum atomic E-state index is 6.73. The lowest BCUT2D eigenvalue weighted by Gasteiger charge is -2.17. The van der Waals surface area contributed by atoms with Crippen LogP contribution in [-0.2, 0) is 4.74 Å². The maximum absolute atomic E-state index is 6.73. The minimum absolute atomic E-state index is 0.618. The van der Waals surface area contributed by atoms with Gasteiger partial charge in [-0.1, -0.05) is 60.7 Å². The van der Waals surface area contributed by atoms with Gasteiger partial charge in [-0.2, -0.15) is 0 Å². The van der Waals surface area contributed by atoms with Gasteiger partial charge in [-0.05, 0) is 47.5 Å². The minimum Gasteiger partial charge on any atom is -0.497 e. The average Bonchev–Trinajstić information content (AvgIpc) is 2.96. The fourth-order valence-corrected chi connectivity index (χ4v) is 3.76. The quantitative estimate of drug-likeness (QED) is 0.169. The minimum atomic E-state index is 0.618. The molecule has 0 N–H and O–H groups in total. The summed E-state index contributed by atoms with van der Waals surface area (Å²) in [5.74, 6) is 3.88. The van der Waals surface area contributed by atoms with Gasteiger partial charge >= 0.3 is 0 Å². The van der Waals surface area contributed by atoms with Crippen LogP contribution in [0.25, 0.3) is 23.7 Å². The van der Waals surface area contributed by atoms with Crippen LogP contribution in [-0.4, -0.2) is 28.4 Å². The van der Waals surface area contributed by atoms with E-state index in [1.165, 1.54) is 0 Å². The molecule has 0 aliphatic carbocycles. The second-order valence-corrected chi connectivity index (χ2v) is 8.14. The number of hydrogen-bond donors (Lipinski definition) is 0. The summed E-state index contributed by atoms with van der Waals surface area (Å²) in [6.45, 7) is 0. The number of methoxy groups -OCH3 is 4. The molecule has 0 aromatic heterocycles. The molecule has 0 radical (unpaired) electrons. The van der Waals surface area contributed by atoms with E-state index in [2.05, 4.69) is 0 Å². The zero-order valence-corrected chi connectivity index (χ0v) is 21.4. The Morgan fingerprint density at radius 2 is 0.784 bits per heavy atom.